The molecule has 0 radical (unpaired) electrons. The van der Waals surface area contributed by atoms with E-state index in [0.29, 0.717) is 0 Å². The summed E-state index contributed by atoms with van der Waals surface area (Å²) in [6.45, 7) is -0.903. The van der Waals surface area contributed by atoms with E-state index in [0.717, 1.165) is 24.5 Å². The molecule has 1 rings (SSSR count). The monoisotopic (exact) mass is 410 g/mol. The van der Waals surface area contributed by atoms with Crippen molar-refractivity contribution >= 4 is 44.7 Å². The molecule has 0 spiro atoms. The summed E-state index contributed by atoms with van der Waals surface area (Å²) in [6.07, 6.45) is 0.819. The van der Waals surface area contributed by atoms with Gasteiger partial charge in [-0.3, -0.25) is 29.2 Å². The molecule has 0 aromatic heterocycles. The van der Waals surface area contributed by atoms with Gasteiger partial charge in [-0.1, -0.05) is 0 Å². The molecule has 1 aromatic rings. The van der Waals surface area contributed by atoms with Gasteiger partial charge in [-0.15, -0.1) is 11.6 Å². The molecule has 2 N–H and O–H groups in total. The Balaban J connectivity index is 3.24. The van der Waals surface area contributed by atoms with E-state index in [2.05, 4.69) is 4.18 Å². The first-order chi connectivity index (χ1) is 11.9. The Hall–Kier alpha value is -2.51. The quantitative estimate of drug-likeness (QED) is 0.247. The first-order valence-electron chi connectivity index (χ1n) is 6.88. The molecule has 0 saturated carbocycles. The van der Waals surface area contributed by atoms with Crippen LogP contribution in [-0.2, 0) is 19.1 Å². The molecule has 0 bridgehead atoms. The van der Waals surface area contributed by atoms with Crippen LogP contribution in [0.2, 0.25) is 0 Å². The Labute approximate surface area is 152 Å². The summed E-state index contributed by atoms with van der Waals surface area (Å²) < 4.78 is 26.7. The standard InChI is InChI=1S/C12H15ClN4O8S/c1-26(23,24)25-5-4-15(7-9(13)12(14)18)10-3-2-8(16(19)20)6-11(10)17(21)22/h2-3,6,9H,4-5,7H2,1H3,(H2,14,18). The second-order valence-electron chi connectivity index (χ2n) is 5.03. The van der Waals surface area contributed by atoms with Gasteiger partial charge in [-0.2, -0.15) is 8.42 Å². The van der Waals surface area contributed by atoms with Crippen molar-refractivity contribution in [2.24, 2.45) is 5.73 Å². The highest BCUT2D eigenvalue weighted by molar-refractivity contribution is 7.85. The predicted octanol–water partition coefficient (Wildman–Crippen LogP) is 0.378. The Morgan fingerprint density at radius 3 is 2.42 bits per heavy atom. The molecule has 0 aliphatic rings. The van der Waals surface area contributed by atoms with Gasteiger partial charge in [0.25, 0.3) is 21.5 Å². The van der Waals surface area contributed by atoms with Crippen molar-refractivity contribution in [3.05, 3.63) is 38.4 Å². The van der Waals surface area contributed by atoms with E-state index in [9.17, 15) is 33.4 Å². The molecule has 0 aliphatic heterocycles. The summed E-state index contributed by atoms with van der Waals surface area (Å²) in [5.41, 5.74) is 3.84. The molecule has 0 fully saturated rings. The number of amides is 1. The number of non-ortho nitro benzene ring substituents is 1. The van der Waals surface area contributed by atoms with Crippen LogP contribution < -0.4 is 10.6 Å². The molecule has 1 atom stereocenters. The number of hydrogen-bond acceptors (Lipinski definition) is 9. The van der Waals surface area contributed by atoms with Crippen LogP contribution in [0.4, 0.5) is 17.1 Å². The molecular formula is C12H15ClN4O8S. The van der Waals surface area contributed by atoms with Gasteiger partial charge in [0.2, 0.25) is 5.91 Å². The van der Waals surface area contributed by atoms with Crippen LogP contribution in [0.15, 0.2) is 18.2 Å². The van der Waals surface area contributed by atoms with Gasteiger partial charge in [0.15, 0.2) is 0 Å². The summed E-state index contributed by atoms with van der Waals surface area (Å²) in [5, 5.41) is 20.8. The van der Waals surface area contributed by atoms with Crippen LogP contribution in [0.25, 0.3) is 0 Å². The van der Waals surface area contributed by atoms with Gasteiger partial charge >= 0.3 is 0 Å². The smallest absolute Gasteiger partial charge is 0.299 e. The van der Waals surface area contributed by atoms with Crippen LogP contribution in [0.3, 0.4) is 0 Å². The van der Waals surface area contributed by atoms with E-state index in [1.807, 2.05) is 0 Å². The summed E-state index contributed by atoms with van der Waals surface area (Å²) in [7, 11) is -3.77. The normalized spacial score (nSPS) is 12.4. The third-order valence-corrected chi connectivity index (χ3v) is 4.00. The van der Waals surface area contributed by atoms with E-state index >= 15 is 0 Å². The minimum atomic E-state index is -3.77. The Bertz CT molecular complexity index is 815. The molecule has 1 aromatic carbocycles. The van der Waals surface area contributed by atoms with Gasteiger partial charge in [0.05, 0.1) is 28.8 Å². The molecule has 0 heterocycles. The number of hydrogen-bond donors (Lipinski definition) is 1. The average Bonchev–Trinajstić information content (AvgIpc) is 2.51. The fourth-order valence-electron chi connectivity index (χ4n) is 1.93. The SMILES string of the molecule is CS(=O)(=O)OCCN(CC(Cl)C(N)=O)c1ccc([N+](=O)[O-])cc1[N+](=O)[O-]. The molecular weight excluding hydrogens is 396 g/mol. The maximum Gasteiger partial charge on any atom is 0.299 e. The maximum absolute atomic E-state index is 11.3. The van der Waals surface area contributed by atoms with Crippen LogP contribution in [0, 0.1) is 20.2 Å². The van der Waals surface area contributed by atoms with Gasteiger partial charge in [0.1, 0.15) is 11.1 Å². The second kappa shape index (κ2) is 8.73. The summed E-state index contributed by atoms with van der Waals surface area (Å²) in [5.74, 6) is -0.898. The van der Waals surface area contributed by atoms with Gasteiger partial charge in [-0.25, -0.2) is 0 Å². The van der Waals surface area contributed by atoms with E-state index in [-0.39, 0.29) is 18.8 Å². The number of halogens is 1. The van der Waals surface area contributed by atoms with Crippen LogP contribution in [0.1, 0.15) is 0 Å². The first-order valence-corrected chi connectivity index (χ1v) is 9.13. The Morgan fingerprint density at radius 1 is 1.35 bits per heavy atom. The van der Waals surface area contributed by atoms with Crippen molar-refractivity contribution in [1.82, 2.24) is 0 Å². The molecule has 144 valence electrons. The van der Waals surface area contributed by atoms with Crippen molar-refractivity contribution in [2.75, 3.05) is 30.9 Å². The number of alkyl halides is 1. The van der Waals surface area contributed by atoms with Crippen molar-refractivity contribution in [3.63, 3.8) is 0 Å². The first kappa shape index (κ1) is 21.5. The zero-order valence-corrected chi connectivity index (χ0v) is 15.0. The lowest BCUT2D eigenvalue weighted by Gasteiger charge is -2.25. The highest BCUT2D eigenvalue weighted by atomic mass is 35.5. The van der Waals surface area contributed by atoms with Gasteiger partial charge in [-0.05, 0) is 6.07 Å². The van der Waals surface area contributed by atoms with E-state index in [1.54, 1.807) is 0 Å². The van der Waals surface area contributed by atoms with Crippen molar-refractivity contribution < 1.29 is 27.2 Å². The molecule has 14 heteroatoms. The van der Waals surface area contributed by atoms with Crippen molar-refractivity contribution in [3.8, 4) is 0 Å². The number of nitrogens with zero attached hydrogens (tertiary/aromatic N) is 3. The fraction of sp³-hybridized carbons (Fsp3) is 0.417. The van der Waals surface area contributed by atoms with Crippen LogP contribution in [-0.4, -0.2) is 55.5 Å². The number of anilines is 1. The molecule has 0 saturated heterocycles. The fourth-order valence-corrected chi connectivity index (χ4v) is 2.48. The van der Waals surface area contributed by atoms with Crippen molar-refractivity contribution in [1.29, 1.82) is 0 Å². The zero-order chi connectivity index (χ0) is 20.1. The van der Waals surface area contributed by atoms with Gasteiger partial charge < -0.3 is 10.6 Å². The number of primary amides is 1. The number of benzene rings is 1. The average molecular weight is 411 g/mol. The maximum atomic E-state index is 11.3. The van der Waals surface area contributed by atoms with E-state index in [1.165, 1.54) is 4.90 Å². The number of rotatable bonds is 10. The Morgan fingerprint density at radius 2 is 1.96 bits per heavy atom. The van der Waals surface area contributed by atoms with Crippen LogP contribution >= 0.6 is 11.6 Å². The lowest BCUT2D eigenvalue weighted by Crippen LogP contribution is -2.39. The van der Waals surface area contributed by atoms with Crippen molar-refractivity contribution in [2.45, 2.75) is 5.38 Å². The largest absolute Gasteiger partial charge is 0.368 e. The number of carbonyl (C=O) groups is 1. The third-order valence-electron chi connectivity index (χ3n) is 3.06. The van der Waals surface area contributed by atoms with Gasteiger partial charge in [0, 0.05) is 19.2 Å². The summed E-state index contributed by atoms with van der Waals surface area (Å²) in [6, 6.07) is 2.87. The van der Waals surface area contributed by atoms with E-state index < -0.39 is 49.2 Å². The summed E-state index contributed by atoms with van der Waals surface area (Å²) >= 11 is 5.79. The second-order valence-corrected chi connectivity index (χ2v) is 7.20. The highest BCUT2D eigenvalue weighted by Crippen LogP contribution is 2.32. The predicted molar refractivity (Wildman–Crippen MR) is 91.6 cm³/mol. The minimum Gasteiger partial charge on any atom is -0.368 e. The summed E-state index contributed by atoms with van der Waals surface area (Å²) in [4.78, 5) is 32.8. The number of nitro groups is 2. The third kappa shape index (κ3) is 6.42. The molecule has 12 nitrogen and oxygen atoms in total. The highest BCUT2D eigenvalue weighted by Gasteiger charge is 2.26. The lowest BCUT2D eigenvalue weighted by molar-refractivity contribution is -0.393. The Kier molecular flexibility index (Phi) is 7.23. The number of nitro benzene ring substituents is 2. The molecule has 1 unspecified atom stereocenters. The molecule has 1 amide bonds. The minimum absolute atomic E-state index is 0.107. The molecule has 26 heavy (non-hydrogen) atoms. The lowest BCUT2D eigenvalue weighted by atomic mass is 10.2. The van der Waals surface area contributed by atoms with E-state index in [4.69, 9.17) is 17.3 Å². The van der Waals surface area contributed by atoms with Crippen LogP contribution in [0.5, 0.6) is 0 Å². The number of carbonyl (C=O) groups excluding carboxylic acids is 1. The topological polar surface area (TPSA) is 176 Å². The number of nitrogens with two attached hydrogens (primary N) is 1. The zero-order valence-electron chi connectivity index (χ0n) is 13.4. The molecule has 0 aliphatic carbocycles.